The molecule has 6 heteroatoms. The topological polar surface area (TPSA) is 63.7 Å². The number of aliphatic hydroxyl groups excluding tert-OH is 1. The van der Waals surface area contributed by atoms with Gasteiger partial charge in [-0.1, -0.05) is 0 Å². The molecule has 22 heavy (non-hydrogen) atoms. The van der Waals surface area contributed by atoms with E-state index in [1.165, 1.54) is 5.69 Å². The van der Waals surface area contributed by atoms with Crippen LogP contribution >= 0.6 is 0 Å². The predicted octanol–water partition coefficient (Wildman–Crippen LogP) is 1.49. The second-order valence-corrected chi connectivity index (χ2v) is 5.83. The number of imidazole rings is 1. The lowest BCUT2D eigenvalue weighted by Crippen LogP contribution is -2.40. The average Bonchev–Trinajstić information content (AvgIpc) is 3.08. The van der Waals surface area contributed by atoms with Crippen LogP contribution in [-0.2, 0) is 24.4 Å². The van der Waals surface area contributed by atoms with E-state index in [2.05, 4.69) is 21.4 Å². The predicted molar refractivity (Wildman–Crippen MR) is 81.3 cm³/mol. The molecule has 1 aliphatic heterocycles. The monoisotopic (exact) mass is 305 g/mol. The quantitative estimate of drug-likeness (QED) is 0.876. The first-order valence-electron chi connectivity index (χ1n) is 7.66. The summed E-state index contributed by atoms with van der Waals surface area (Å²) in [5.74, 6) is 1.86. The number of fused-ring (bicyclic) bond motifs is 1. The minimum Gasteiger partial charge on any atom is -0.467 e. The van der Waals surface area contributed by atoms with Crippen molar-refractivity contribution in [3.63, 3.8) is 0 Å². The van der Waals surface area contributed by atoms with Gasteiger partial charge in [-0.15, -0.1) is 0 Å². The van der Waals surface area contributed by atoms with E-state index >= 15 is 0 Å². The number of nitrogens with zero attached hydrogens (tertiary/aromatic N) is 3. The van der Waals surface area contributed by atoms with Crippen molar-refractivity contribution in [3.8, 4) is 0 Å². The highest BCUT2D eigenvalue weighted by Crippen LogP contribution is 2.17. The summed E-state index contributed by atoms with van der Waals surface area (Å²) in [5.41, 5.74) is 2.34. The highest BCUT2D eigenvalue weighted by molar-refractivity contribution is 5.15. The Labute approximate surface area is 130 Å². The number of rotatable bonds is 6. The van der Waals surface area contributed by atoms with Gasteiger partial charge >= 0.3 is 0 Å². The molecule has 1 N–H and O–H groups in total. The smallest absolute Gasteiger partial charge is 0.129 e. The van der Waals surface area contributed by atoms with Gasteiger partial charge in [0.05, 0.1) is 31.2 Å². The highest BCUT2D eigenvalue weighted by Gasteiger charge is 2.22. The first-order chi connectivity index (χ1) is 10.6. The molecule has 3 heterocycles. The normalized spacial score (nSPS) is 16.7. The highest BCUT2D eigenvalue weighted by atomic mass is 16.5. The molecule has 0 radical (unpaired) electrons. The van der Waals surface area contributed by atoms with Crippen LogP contribution in [0.4, 0.5) is 0 Å². The van der Waals surface area contributed by atoms with E-state index in [1.54, 1.807) is 6.26 Å². The van der Waals surface area contributed by atoms with Crippen LogP contribution in [0.5, 0.6) is 0 Å². The molecule has 0 saturated heterocycles. The molecule has 1 aliphatic rings. The van der Waals surface area contributed by atoms with Crippen LogP contribution < -0.4 is 0 Å². The van der Waals surface area contributed by atoms with Gasteiger partial charge in [-0.2, -0.15) is 0 Å². The molecule has 0 saturated carbocycles. The van der Waals surface area contributed by atoms with Gasteiger partial charge in [-0.3, -0.25) is 4.90 Å². The van der Waals surface area contributed by atoms with Gasteiger partial charge in [0.15, 0.2) is 0 Å². The molecule has 0 bridgehead atoms. The van der Waals surface area contributed by atoms with Crippen molar-refractivity contribution in [1.29, 1.82) is 0 Å². The molecule has 6 nitrogen and oxygen atoms in total. The number of furan rings is 1. The molecule has 0 amide bonds. The minimum absolute atomic E-state index is 0.309. The summed E-state index contributed by atoms with van der Waals surface area (Å²) >= 11 is 0. The van der Waals surface area contributed by atoms with Crippen LogP contribution in [0.3, 0.4) is 0 Å². The van der Waals surface area contributed by atoms with Crippen molar-refractivity contribution < 1.29 is 14.3 Å². The third kappa shape index (κ3) is 3.40. The Balaban J connectivity index is 1.45. The van der Waals surface area contributed by atoms with E-state index in [0.29, 0.717) is 19.8 Å². The number of ether oxygens (including phenoxy) is 1. The van der Waals surface area contributed by atoms with Crippen LogP contribution in [0, 0.1) is 13.8 Å². The van der Waals surface area contributed by atoms with Gasteiger partial charge in [0.25, 0.3) is 0 Å². The van der Waals surface area contributed by atoms with Crippen molar-refractivity contribution in [1.82, 2.24) is 14.5 Å². The summed E-state index contributed by atoms with van der Waals surface area (Å²) < 4.78 is 12.9. The third-order valence-corrected chi connectivity index (χ3v) is 4.15. The van der Waals surface area contributed by atoms with Gasteiger partial charge < -0.3 is 18.8 Å². The van der Waals surface area contributed by atoms with E-state index in [-0.39, 0.29) is 0 Å². The van der Waals surface area contributed by atoms with Gasteiger partial charge in [-0.25, -0.2) is 4.98 Å². The molecule has 0 fully saturated rings. The second-order valence-electron chi connectivity index (χ2n) is 5.83. The standard InChI is InChI=1S/C16H23N3O3/c1-12-13(2)19-6-5-18(9-16(19)17-12)8-14(20)10-21-11-15-4-3-7-22-15/h3-4,7,14,20H,5-6,8-11H2,1-2H3. The lowest BCUT2D eigenvalue weighted by molar-refractivity contribution is 0.000939. The Morgan fingerprint density at radius 2 is 2.27 bits per heavy atom. The molecular formula is C16H23N3O3. The summed E-state index contributed by atoms with van der Waals surface area (Å²) in [5, 5.41) is 10.1. The summed E-state index contributed by atoms with van der Waals surface area (Å²) in [6.45, 7) is 8.10. The van der Waals surface area contributed by atoms with E-state index in [9.17, 15) is 5.11 Å². The maximum atomic E-state index is 10.1. The third-order valence-electron chi connectivity index (χ3n) is 4.15. The van der Waals surface area contributed by atoms with Crippen molar-refractivity contribution in [2.45, 2.75) is 39.6 Å². The molecule has 1 atom stereocenters. The first kappa shape index (κ1) is 15.3. The number of aryl methyl sites for hydroxylation is 1. The van der Waals surface area contributed by atoms with Crippen LogP contribution in [0.1, 0.15) is 23.0 Å². The van der Waals surface area contributed by atoms with Crippen molar-refractivity contribution in [2.24, 2.45) is 0 Å². The molecule has 120 valence electrons. The fourth-order valence-electron chi connectivity index (χ4n) is 2.86. The van der Waals surface area contributed by atoms with E-state index in [4.69, 9.17) is 9.15 Å². The molecule has 0 spiro atoms. The fourth-order valence-corrected chi connectivity index (χ4v) is 2.86. The minimum atomic E-state index is -0.501. The van der Waals surface area contributed by atoms with Crippen LogP contribution in [0.25, 0.3) is 0 Å². The van der Waals surface area contributed by atoms with Gasteiger partial charge in [0.2, 0.25) is 0 Å². The lowest BCUT2D eigenvalue weighted by Gasteiger charge is -2.29. The van der Waals surface area contributed by atoms with Crippen LogP contribution in [0.15, 0.2) is 22.8 Å². The molecular weight excluding hydrogens is 282 g/mol. The molecule has 1 unspecified atom stereocenters. The maximum absolute atomic E-state index is 10.1. The van der Waals surface area contributed by atoms with E-state index in [1.807, 2.05) is 19.1 Å². The van der Waals surface area contributed by atoms with E-state index in [0.717, 1.165) is 36.9 Å². The number of β-amino-alcohol motifs (C(OH)–C–C–N with tert-alkyl or cyclic N) is 1. The number of hydrogen-bond donors (Lipinski definition) is 1. The molecule has 2 aromatic heterocycles. The Morgan fingerprint density at radius 3 is 3.05 bits per heavy atom. The zero-order chi connectivity index (χ0) is 15.5. The van der Waals surface area contributed by atoms with Gasteiger partial charge in [0, 0.05) is 25.3 Å². The summed E-state index contributed by atoms with van der Waals surface area (Å²) in [7, 11) is 0. The lowest BCUT2D eigenvalue weighted by atomic mass is 10.3. The number of aromatic nitrogens is 2. The van der Waals surface area contributed by atoms with Gasteiger partial charge in [0.1, 0.15) is 18.2 Å². The molecule has 0 aromatic carbocycles. The van der Waals surface area contributed by atoms with E-state index < -0.39 is 6.10 Å². The zero-order valence-electron chi connectivity index (χ0n) is 13.2. The summed E-state index contributed by atoms with van der Waals surface area (Å²) in [6, 6.07) is 3.69. The van der Waals surface area contributed by atoms with Crippen molar-refractivity contribution in [3.05, 3.63) is 41.4 Å². The molecule has 2 aromatic rings. The molecule has 0 aliphatic carbocycles. The summed E-state index contributed by atoms with van der Waals surface area (Å²) in [4.78, 5) is 6.82. The van der Waals surface area contributed by atoms with Gasteiger partial charge in [-0.05, 0) is 26.0 Å². The fraction of sp³-hybridized carbons (Fsp3) is 0.562. The maximum Gasteiger partial charge on any atom is 0.129 e. The van der Waals surface area contributed by atoms with Crippen LogP contribution in [-0.4, -0.2) is 45.4 Å². The van der Waals surface area contributed by atoms with Crippen LogP contribution in [0.2, 0.25) is 0 Å². The Kier molecular flexibility index (Phi) is 4.61. The second kappa shape index (κ2) is 6.64. The molecule has 3 rings (SSSR count). The number of hydrogen-bond acceptors (Lipinski definition) is 5. The average molecular weight is 305 g/mol. The Morgan fingerprint density at radius 1 is 1.41 bits per heavy atom. The van der Waals surface area contributed by atoms with Crippen molar-refractivity contribution in [2.75, 3.05) is 19.7 Å². The number of aliphatic hydroxyl groups is 1. The van der Waals surface area contributed by atoms with Crippen molar-refractivity contribution >= 4 is 0 Å². The summed E-state index contributed by atoms with van der Waals surface area (Å²) in [6.07, 6.45) is 1.12. The SMILES string of the molecule is Cc1nc2n(c1C)CCN(CC(O)COCc1ccco1)C2. The zero-order valence-corrected chi connectivity index (χ0v) is 13.2. The largest absolute Gasteiger partial charge is 0.467 e. The Hall–Kier alpha value is -1.63. The Bertz CT molecular complexity index is 606. The first-order valence-corrected chi connectivity index (χ1v) is 7.66.